The highest BCUT2D eigenvalue weighted by molar-refractivity contribution is 9.10. The molecule has 12 unspecified atom stereocenters. The van der Waals surface area contributed by atoms with E-state index in [0.29, 0.717) is 84.4 Å². The fourth-order valence-electron chi connectivity index (χ4n) is 19.8. The molecule has 0 saturated heterocycles. The molecule has 2 nitrogen and oxygen atoms in total. The number of hydrogen-bond donors (Lipinski definition) is 1. The maximum absolute atomic E-state index is 8.82. The zero-order valence-corrected chi connectivity index (χ0v) is 59.9. The summed E-state index contributed by atoms with van der Waals surface area (Å²) in [5.74, 6) is 7.11. The minimum absolute atomic E-state index is 0.00577. The van der Waals surface area contributed by atoms with Crippen LogP contribution in [0.2, 0.25) is 0 Å². The summed E-state index contributed by atoms with van der Waals surface area (Å²) in [6.45, 7) is 9.34. The number of halogens is 1. The third kappa shape index (κ3) is 11.4. The van der Waals surface area contributed by atoms with E-state index in [1.807, 2.05) is 18.2 Å². The highest BCUT2D eigenvalue weighted by Gasteiger charge is 2.47. The van der Waals surface area contributed by atoms with E-state index in [1.165, 1.54) is 121 Å². The number of fused-ring (bicyclic) bond motifs is 18. The van der Waals surface area contributed by atoms with Crippen LogP contribution in [0.5, 0.6) is 5.75 Å². The highest BCUT2D eigenvalue weighted by Crippen LogP contribution is 2.58. The lowest BCUT2D eigenvalue weighted by Gasteiger charge is -2.48. The molecule has 1 saturated carbocycles. The zero-order valence-electron chi connectivity index (χ0n) is 58.3. The standard InChI is InChI=1S/C49H42.C25H20BO2.C24H21Br/c1-49(2)46-17-8-7-15-42(46)43-25-24-37(30-47(43)49)36-22-21-34-26-33(19-20-35(34)27-36)32-11-9-12-38(28-32)45-29-39-23-18-31-10-3-4-13-40(31)48(39)44-16-6-5-14-41(44)45;1-25(2)23-6-4-3-5-21(23)22-12-10-19(15-24(22)25)16-7-8-18-14-20(28-26-27)11-9-17(18)13-16;25-19-8-5-7-17(14-19)23-15-18-13-12-16-6-1-2-9-20(16)24(18)22-11-4-3-10-21(22)23/h3-18,20-31,33,39-41,44,48H,19H2,1-2H3;3-15,27H,1-2H3;1-14,18,21-24H,15H2. The highest BCUT2D eigenvalue weighted by atomic mass is 79.9. The fraction of sp³-hybridized carbons (Fsp3) is 0.204. The van der Waals surface area contributed by atoms with Gasteiger partial charge in [-0.05, 0) is 236 Å². The minimum atomic E-state index is 0.00577. The van der Waals surface area contributed by atoms with E-state index < -0.39 is 0 Å². The van der Waals surface area contributed by atoms with Crippen LogP contribution in [0.15, 0.2) is 314 Å². The predicted molar refractivity (Wildman–Crippen MR) is 430 cm³/mol. The summed E-state index contributed by atoms with van der Waals surface area (Å²) in [4.78, 5) is 0. The molecule has 1 N–H and O–H groups in total. The molecule has 12 atom stereocenters. The van der Waals surface area contributed by atoms with Crippen molar-refractivity contribution in [2.24, 2.45) is 53.3 Å². The SMILES string of the molecule is Brc1cccc(C2CC3C=Cc4ccccc4C3C3C=CC=CC23)c1.CC1(C)c2ccccc2-c2ccc(-c3ccc4c(c3)=CCC(c3cccc(C5=CC6C=CC7C=CC=CC7C6C6C=CC=CC56)c3)C=4)cc21.CC1(C)c2ccccc2-c2ccc(-c3ccc4cc(O[B]O)ccc4c3)cc21. The van der Waals surface area contributed by atoms with Gasteiger partial charge in [0.25, 0.3) is 0 Å². The molecule has 0 aromatic heterocycles. The topological polar surface area (TPSA) is 29.5 Å². The summed E-state index contributed by atoms with van der Waals surface area (Å²) >= 11 is 3.66. The molecule has 1 radical (unpaired) electrons. The van der Waals surface area contributed by atoms with Gasteiger partial charge in [0.15, 0.2) is 0 Å². The van der Waals surface area contributed by atoms with Gasteiger partial charge >= 0.3 is 7.69 Å². The molecule has 0 spiro atoms. The van der Waals surface area contributed by atoms with Crippen LogP contribution in [0, 0.1) is 53.3 Å². The second-order valence-corrected chi connectivity index (χ2v) is 31.9. The molecule has 102 heavy (non-hydrogen) atoms. The Morgan fingerprint density at radius 2 is 1.05 bits per heavy atom. The Morgan fingerprint density at radius 3 is 1.81 bits per heavy atom. The van der Waals surface area contributed by atoms with Crippen molar-refractivity contribution in [3.05, 3.63) is 375 Å². The molecule has 10 aromatic rings. The van der Waals surface area contributed by atoms with Crippen molar-refractivity contribution < 1.29 is 9.68 Å². The molecule has 10 aliphatic carbocycles. The zero-order chi connectivity index (χ0) is 68.8. The van der Waals surface area contributed by atoms with E-state index in [-0.39, 0.29) is 10.8 Å². The first-order valence-electron chi connectivity index (χ1n) is 37.0. The van der Waals surface area contributed by atoms with E-state index in [1.54, 1.807) is 0 Å². The number of rotatable bonds is 7. The Bertz CT molecular complexity index is 5450. The van der Waals surface area contributed by atoms with Crippen LogP contribution < -0.4 is 15.1 Å². The van der Waals surface area contributed by atoms with Gasteiger partial charge in [0, 0.05) is 33.1 Å². The third-order valence-corrected chi connectivity index (χ3v) is 25.3. The second-order valence-electron chi connectivity index (χ2n) is 30.9. The molecule has 20 rings (SSSR count). The first kappa shape index (κ1) is 64.3. The van der Waals surface area contributed by atoms with Crippen molar-refractivity contribution in [3.63, 3.8) is 0 Å². The molecule has 497 valence electrons. The van der Waals surface area contributed by atoms with Crippen LogP contribution in [0.1, 0.15) is 108 Å². The molecular weight excluding hydrogens is 1300 g/mol. The maximum atomic E-state index is 8.82. The molecule has 4 heteroatoms. The number of allylic oxidation sites excluding steroid dienone is 17. The van der Waals surface area contributed by atoms with Crippen LogP contribution in [0.25, 0.3) is 79.1 Å². The normalized spacial score (nSPS) is 25.5. The van der Waals surface area contributed by atoms with Gasteiger partial charge in [-0.3, -0.25) is 0 Å². The Kier molecular flexibility index (Phi) is 16.5. The summed E-state index contributed by atoms with van der Waals surface area (Å²) in [6, 6.07) is 78.2. The number of benzene rings is 10. The molecule has 10 aliphatic rings. The maximum Gasteiger partial charge on any atom is 0.569 e. The number of hydrogen-bond acceptors (Lipinski definition) is 2. The summed E-state index contributed by atoms with van der Waals surface area (Å²) < 4.78 is 6.25. The van der Waals surface area contributed by atoms with Crippen molar-refractivity contribution in [1.29, 1.82) is 0 Å². The van der Waals surface area contributed by atoms with Gasteiger partial charge in [-0.15, -0.1) is 0 Å². The molecular formula is C98H83BBrO2. The second kappa shape index (κ2) is 26.2. The molecule has 0 bridgehead atoms. The van der Waals surface area contributed by atoms with Crippen LogP contribution in [0.4, 0.5) is 0 Å². The van der Waals surface area contributed by atoms with Crippen LogP contribution in [-0.4, -0.2) is 12.7 Å². The van der Waals surface area contributed by atoms with Gasteiger partial charge in [0.2, 0.25) is 0 Å². The van der Waals surface area contributed by atoms with Crippen LogP contribution in [-0.2, 0) is 10.8 Å². The third-order valence-electron chi connectivity index (χ3n) is 24.8. The first-order chi connectivity index (χ1) is 49.9. The fourth-order valence-corrected chi connectivity index (χ4v) is 20.2. The monoisotopic (exact) mass is 1380 g/mol. The van der Waals surface area contributed by atoms with Crippen LogP contribution >= 0.6 is 15.9 Å². The van der Waals surface area contributed by atoms with E-state index in [2.05, 4.69) is 353 Å². The average Bonchev–Trinajstić information content (AvgIpc) is 0.964. The average molecular weight is 1380 g/mol. The Morgan fingerprint density at radius 1 is 0.441 bits per heavy atom. The summed E-state index contributed by atoms with van der Waals surface area (Å²) in [7, 11) is 0.708. The van der Waals surface area contributed by atoms with Crippen molar-refractivity contribution in [2.75, 3.05) is 0 Å². The lowest BCUT2D eigenvalue weighted by molar-refractivity contribution is 0.195. The summed E-state index contributed by atoms with van der Waals surface area (Å²) in [5, 5.41) is 13.7. The van der Waals surface area contributed by atoms with E-state index in [9.17, 15) is 0 Å². The van der Waals surface area contributed by atoms with Crippen molar-refractivity contribution in [2.45, 2.75) is 69.1 Å². The van der Waals surface area contributed by atoms with E-state index in [4.69, 9.17) is 9.68 Å². The molecule has 10 aromatic carbocycles. The van der Waals surface area contributed by atoms with E-state index >= 15 is 0 Å². The Balaban J connectivity index is 0.000000119. The Labute approximate surface area is 610 Å². The van der Waals surface area contributed by atoms with Crippen molar-refractivity contribution >= 4 is 58.2 Å². The lowest BCUT2D eigenvalue weighted by Crippen LogP contribution is -2.40. The molecule has 0 amide bonds. The summed E-state index contributed by atoms with van der Waals surface area (Å²) in [5.41, 5.74) is 24.9. The molecule has 0 heterocycles. The van der Waals surface area contributed by atoms with Crippen LogP contribution in [0.3, 0.4) is 0 Å². The lowest BCUT2D eigenvalue weighted by atomic mass is 9.56. The van der Waals surface area contributed by atoms with Gasteiger partial charge in [-0.25, -0.2) is 0 Å². The smallest absolute Gasteiger partial charge is 0.537 e. The molecule has 1 fully saturated rings. The minimum Gasteiger partial charge on any atom is -0.537 e. The Hall–Kier alpha value is -9.84. The van der Waals surface area contributed by atoms with E-state index in [0.717, 1.165) is 17.2 Å². The van der Waals surface area contributed by atoms with Crippen molar-refractivity contribution in [3.8, 4) is 50.3 Å². The van der Waals surface area contributed by atoms with Gasteiger partial charge in [0.1, 0.15) is 5.75 Å². The summed E-state index contributed by atoms with van der Waals surface area (Å²) in [6.07, 6.45) is 47.9. The quantitative estimate of drug-likeness (QED) is 0.127. The van der Waals surface area contributed by atoms with Crippen molar-refractivity contribution in [1.82, 2.24) is 0 Å². The predicted octanol–water partition coefficient (Wildman–Crippen LogP) is 22.8. The van der Waals surface area contributed by atoms with Gasteiger partial charge in [-0.1, -0.05) is 323 Å². The largest absolute Gasteiger partial charge is 0.569 e. The van der Waals surface area contributed by atoms with Gasteiger partial charge < -0.3 is 9.68 Å². The van der Waals surface area contributed by atoms with Gasteiger partial charge in [0.05, 0.1) is 0 Å². The molecule has 0 aliphatic heterocycles. The van der Waals surface area contributed by atoms with Gasteiger partial charge in [-0.2, -0.15) is 0 Å². The first-order valence-corrected chi connectivity index (χ1v) is 37.8.